The van der Waals surface area contributed by atoms with Gasteiger partial charge in [-0.25, -0.2) is 0 Å². The zero-order valence-electron chi connectivity index (χ0n) is 25.8. The minimum Gasteiger partial charge on any atom is -0.286 e. The molecule has 0 spiro atoms. The molecule has 5 aliphatic heterocycles. The second-order valence-electron chi connectivity index (χ2n) is 16.1. The maximum absolute atomic E-state index is 4.29. The first-order chi connectivity index (χ1) is 20.2. The van der Waals surface area contributed by atoms with Gasteiger partial charge in [0, 0.05) is 16.8 Å². The third kappa shape index (κ3) is 4.99. The van der Waals surface area contributed by atoms with Crippen LogP contribution >= 0.6 is 0 Å². The Bertz CT molecular complexity index is 953. The Labute approximate surface area is 264 Å². The number of fused-ring (bicyclic) bond motifs is 20. The Morgan fingerprint density at radius 3 is 0.905 bits per heavy atom. The maximum atomic E-state index is 4.29. The Morgan fingerprint density at radius 2 is 0.571 bits per heavy atom. The molecule has 0 aromatic carbocycles. The summed E-state index contributed by atoms with van der Waals surface area (Å²) < 4.78 is 0. The van der Waals surface area contributed by atoms with Gasteiger partial charge in [0.15, 0.2) is 0 Å². The third-order valence-electron chi connectivity index (χ3n) is 14.2. The molecule has 9 aliphatic rings. The van der Waals surface area contributed by atoms with Gasteiger partial charge in [-0.1, -0.05) is 58.3 Å². The second-order valence-corrected chi connectivity index (χ2v) is 16.1. The molecule has 0 amide bonds. The van der Waals surface area contributed by atoms with Gasteiger partial charge in [0.2, 0.25) is 0 Å². The van der Waals surface area contributed by atoms with E-state index < -0.39 is 0 Å². The van der Waals surface area contributed by atoms with Gasteiger partial charge in [0.05, 0.1) is 49.3 Å². The van der Waals surface area contributed by atoms with E-state index in [1.165, 1.54) is 96.3 Å². The Hall–Kier alpha value is 0.186. The quantitative estimate of drug-likeness (QED) is 0.209. The topological polar surface area (TPSA) is 96.2 Å². The van der Waals surface area contributed by atoms with E-state index in [9.17, 15) is 0 Å². The summed E-state index contributed by atoms with van der Waals surface area (Å²) in [6.45, 7) is 2.54. The first-order valence-electron chi connectivity index (χ1n) is 18.3. The predicted molar refractivity (Wildman–Crippen MR) is 162 cm³/mol. The van der Waals surface area contributed by atoms with E-state index in [4.69, 9.17) is 0 Å². The normalized spacial score (nSPS) is 56.9. The summed E-state index contributed by atoms with van der Waals surface area (Å²) in [6.07, 6.45) is 24.0. The van der Waals surface area contributed by atoms with Gasteiger partial charge in [-0.3, -0.25) is 42.5 Å². The first kappa shape index (κ1) is 29.6. The third-order valence-corrected chi connectivity index (χ3v) is 14.2. The summed E-state index contributed by atoms with van der Waals surface area (Å²) in [6, 6.07) is 0. The van der Waals surface area contributed by atoms with Crippen molar-refractivity contribution >= 4 is 0 Å². The molecule has 5 heterocycles. The smallest absolute Gasteiger partial charge is 0.0631 e. The van der Waals surface area contributed by atoms with Crippen LogP contribution in [0.1, 0.15) is 103 Å². The molecule has 4 saturated carbocycles. The number of hydrogen-bond acceptors (Lipinski definition) is 8. The van der Waals surface area contributed by atoms with E-state index in [1.807, 2.05) is 0 Å². The van der Waals surface area contributed by atoms with E-state index in [0.717, 1.165) is 47.3 Å². The Kier molecular flexibility index (Phi) is 8.51. The van der Waals surface area contributed by atoms with Crippen molar-refractivity contribution in [2.75, 3.05) is 0 Å². The fourth-order valence-corrected chi connectivity index (χ4v) is 12.4. The molecule has 42 heavy (non-hydrogen) atoms. The van der Waals surface area contributed by atoms with Gasteiger partial charge in [-0.15, -0.1) is 0 Å². The van der Waals surface area contributed by atoms with Crippen LogP contribution in [-0.2, 0) is 16.8 Å². The second kappa shape index (κ2) is 12.1. The van der Waals surface area contributed by atoms with Crippen molar-refractivity contribution < 1.29 is 16.8 Å². The van der Waals surface area contributed by atoms with Crippen LogP contribution in [0.4, 0.5) is 0 Å². The number of nitrogens with one attached hydrogen (secondary N) is 8. The summed E-state index contributed by atoms with van der Waals surface area (Å²) in [5.74, 6) is 6.66. The minimum absolute atomic E-state index is 0. The van der Waals surface area contributed by atoms with Crippen LogP contribution in [-0.4, -0.2) is 49.3 Å². The summed E-state index contributed by atoms with van der Waals surface area (Å²) in [5.41, 5.74) is 0. The number of rotatable bonds is 0. The van der Waals surface area contributed by atoms with Crippen molar-refractivity contribution in [1.29, 1.82) is 0 Å². The molecule has 9 heteroatoms. The summed E-state index contributed by atoms with van der Waals surface area (Å²) in [7, 11) is 0. The molecule has 0 aromatic heterocycles. The van der Waals surface area contributed by atoms with E-state index in [1.54, 1.807) is 0 Å². The molecular weight excluding hydrogens is 567 g/mol. The van der Waals surface area contributed by atoms with Crippen molar-refractivity contribution in [3.05, 3.63) is 0 Å². The van der Waals surface area contributed by atoms with Crippen molar-refractivity contribution in [3.8, 4) is 0 Å². The molecule has 8 nitrogen and oxygen atoms in total. The van der Waals surface area contributed by atoms with Gasteiger partial charge >= 0.3 is 0 Å². The minimum atomic E-state index is 0. The molecule has 8 bridgehead atoms. The molecular formula is C33H58CoN8. The van der Waals surface area contributed by atoms with E-state index in [2.05, 4.69) is 49.5 Å². The molecule has 9 fully saturated rings. The van der Waals surface area contributed by atoms with Crippen LogP contribution in [0, 0.1) is 53.3 Å². The monoisotopic (exact) mass is 625 g/mol. The van der Waals surface area contributed by atoms with Gasteiger partial charge in [-0.05, 0) is 98.2 Å². The maximum Gasteiger partial charge on any atom is 0.0631 e. The van der Waals surface area contributed by atoms with Gasteiger partial charge in [-0.2, -0.15) is 0 Å². The molecule has 9 rings (SSSR count). The van der Waals surface area contributed by atoms with Crippen molar-refractivity contribution in [3.63, 3.8) is 0 Å². The Balaban J connectivity index is 0.00000267. The zero-order valence-corrected chi connectivity index (χ0v) is 26.8. The van der Waals surface area contributed by atoms with Crippen LogP contribution < -0.4 is 42.5 Å². The zero-order chi connectivity index (χ0) is 27.1. The summed E-state index contributed by atoms with van der Waals surface area (Å²) in [4.78, 5) is 0. The standard InChI is InChI=1S/C33H58N8.Co/c1-17-9-8-16-24-25(17)33-40-31-23-15-7-6-14-22(23)29(38-31)36-27-19-11-3-2-10-18(19)26(34-27)35-28-20-12-4-5-13-21(20)30(37-28)39-32(24)41-33;/h17-41H,2-16H2,1H3;. The van der Waals surface area contributed by atoms with Crippen LogP contribution in [0.5, 0.6) is 0 Å². The molecule has 5 saturated heterocycles. The predicted octanol–water partition coefficient (Wildman–Crippen LogP) is 2.85. The molecule has 239 valence electrons. The SMILES string of the molecule is CC1CCCC2C3NC4NC(NC5NC(NC6NC(NC(N3)C12)C1CCCCC61)C1CCCCC51)C1CCCCC41.[Co]. The number of hydrogen-bond donors (Lipinski definition) is 8. The fraction of sp³-hybridized carbons (Fsp3) is 1.00. The van der Waals surface area contributed by atoms with Crippen molar-refractivity contribution in [2.45, 2.75) is 153 Å². The van der Waals surface area contributed by atoms with Crippen molar-refractivity contribution in [2.24, 2.45) is 53.3 Å². The van der Waals surface area contributed by atoms with Crippen LogP contribution in [0.25, 0.3) is 0 Å². The molecule has 4 aliphatic carbocycles. The van der Waals surface area contributed by atoms with Crippen LogP contribution in [0.2, 0.25) is 0 Å². The van der Waals surface area contributed by atoms with Gasteiger partial charge in [0.25, 0.3) is 0 Å². The Morgan fingerprint density at radius 1 is 0.310 bits per heavy atom. The van der Waals surface area contributed by atoms with Crippen LogP contribution in [0.3, 0.4) is 0 Å². The van der Waals surface area contributed by atoms with E-state index in [0.29, 0.717) is 55.2 Å². The van der Waals surface area contributed by atoms with E-state index >= 15 is 0 Å². The average molecular weight is 626 g/mol. The molecule has 0 aromatic rings. The van der Waals surface area contributed by atoms with Gasteiger partial charge < -0.3 is 0 Å². The molecule has 1 radical (unpaired) electrons. The first-order valence-corrected chi connectivity index (χ1v) is 18.3. The summed E-state index contributed by atoms with van der Waals surface area (Å²) in [5, 5.41) is 33.9. The molecule has 8 N–H and O–H groups in total. The van der Waals surface area contributed by atoms with Crippen molar-refractivity contribution in [1.82, 2.24) is 42.5 Å². The van der Waals surface area contributed by atoms with E-state index in [-0.39, 0.29) is 16.8 Å². The molecule has 17 atom stereocenters. The largest absolute Gasteiger partial charge is 0.286 e. The van der Waals surface area contributed by atoms with Gasteiger partial charge in [0.1, 0.15) is 0 Å². The average Bonchev–Trinajstić information content (AvgIpc) is 3.73. The summed E-state index contributed by atoms with van der Waals surface area (Å²) >= 11 is 0. The fourth-order valence-electron chi connectivity index (χ4n) is 12.4. The van der Waals surface area contributed by atoms with Crippen LogP contribution in [0.15, 0.2) is 0 Å². The molecule has 17 unspecified atom stereocenters.